The molecule has 7 nitrogen and oxygen atoms in total. The first kappa shape index (κ1) is 20.3. The highest BCUT2D eigenvalue weighted by molar-refractivity contribution is 6.05. The molecule has 0 radical (unpaired) electrons. The van der Waals surface area contributed by atoms with Crippen molar-refractivity contribution < 1.29 is 23.5 Å². The molecule has 158 valence electrons. The SMILES string of the molecule is CC1Oc2cc(NC(=O)c3ccc(F)cc3)ccc2N(CCN2CCOCC2)C1=O. The van der Waals surface area contributed by atoms with Crippen molar-refractivity contribution in [3.63, 3.8) is 0 Å². The molecule has 2 amide bonds. The molecule has 2 aliphatic rings. The quantitative estimate of drug-likeness (QED) is 0.816. The number of carbonyl (C=O) groups excluding carboxylic acids is 2. The molecule has 1 N–H and O–H groups in total. The summed E-state index contributed by atoms with van der Waals surface area (Å²) in [5.74, 6) is -0.288. The molecule has 0 spiro atoms. The van der Waals surface area contributed by atoms with Crippen LogP contribution in [0.2, 0.25) is 0 Å². The van der Waals surface area contributed by atoms with Gasteiger partial charge in [-0.2, -0.15) is 0 Å². The molecule has 8 heteroatoms. The van der Waals surface area contributed by atoms with Crippen LogP contribution < -0.4 is 15.0 Å². The van der Waals surface area contributed by atoms with Crippen molar-refractivity contribution in [2.75, 3.05) is 49.6 Å². The van der Waals surface area contributed by atoms with Crippen molar-refractivity contribution in [1.82, 2.24) is 4.90 Å². The molecule has 2 aromatic rings. The van der Waals surface area contributed by atoms with Crippen molar-refractivity contribution in [3.8, 4) is 5.75 Å². The van der Waals surface area contributed by atoms with E-state index in [1.165, 1.54) is 24.3 Å². The van der Waals surface area contributed by atoms with Gasteiger partial charge in [0.25, 0.3) is 11.8 Å². The molecule has 1 atom stereocenters. The number of nitrogens with zero attached hydrogens (tertiary/aromatic N) is 2. The Hall–Kier alpha value is -2.97. The third-order valence-electron chi connectivity index (χ3n) is 5.28. The van der Waals surface area contributed by atoms with Crippen molar-refractivity contribution in [2.24, 2.45) is 0 Å². The average molecular weight is 413 g/mol. The van der Waals surface area contributed by atoms with Gasteiger partial charge in [0.2, 0.25) is 0 Å². The lowest BCUT2D eigenvalue weighted by Crippen LogP contribution is -2.48. The molecule has 30 heavy (non-hydrogen) atoms. The first-order chi connectivity index (χ1) is 14.5. The molecule has 2 aliphatic heterocycles. The van der Waals surface area contributed by atoms with E-state index >= 15 is 0 Å². The zero-order valence-corrected chi connectivity index (χ0v) is 16.8. The van der Waals surface area contributed by atoms with E-state index in [1.54, 1.807) is 30.0 Å². The average Bonchev–Trinajstić information content (AvgIpc) is 2.75. The number of hydrogen-bond donors (Lipinski definition) is 1. The monoisotopic (exact) mass is 413 g/mol. The van der Waals surface area contributed by atoms with Crippen LogP contribution in [0.25, 0.3) is 0 Å². The normalized spacial score (nSPS) is 19.2. The van der Waals surface area contributed by atoms with Gasteiger partial charge in [-0.25, -0.2) is 4.39 Å². The maximum absolute atomic E-state index is 13.1. The smallest absolute Gasteiger partial charge is 0.267 e. The van der Waals surface area contributed by atoms with Crippen LogP contribution in [-0.4, -0.2) is 62.2 Å². The maximum Gasteiger partial charge on any atom is 0.267 e. The molecule has 1 fully saturated rings. The molecule has 4 rings (SSSR count). The number of rotatable bonds is 5. The van der Waals surface area contributed by atoms with Gasteiger partial charge in [0.15, 0.2) is 6.10 Å². The molecule has 2 heterocycles. The predicted octanol–water partition coefficient (Wildman–Crippen LogP) is 2.52. The fourth-order valence-corrected chi connectivity index (χ4v) is 3.59. The molecule has 1 saturated heterocycles. The van der Waals surface area contributed by atoms with Crippen LogP contribution in [-0.2, 0) is 9.53 Å². The Kier molecular flexibility index (Phi) is 5.96. The maximum atomic E-state index is 13.1. The van der Waals surface area contributed by atoms with Crippen molar-refractivity contribution in [1.29, 1.82) is 0 Å². The lowest BCUT2D eigenvalue weighted by molar-refractivity contribution is -0.125. The van der Waals surface area contributed by atoms with Gasteiger partial charge in [0, 0.05) is 43.5 Å². The van der Waals surface area contributed by atoms with Crippen molar-refractivity contribution in [3.05, 3.63) is 53.8 Å². The number of halogens is 1. The van der Waals surface area contributed by atoms with E-state index in [4.69, 9.17) is 9.47 Å². The van der Waals surface area contributed by atoms with Gasteiger partial charge in [0.1, 0.15) is 11.6 Å². The third kappa shape index (κ3) is 4.44. The van der Waals surface area contributed by atoms with E-state index in [1.807, 2.05) is 0 Å². The van der Waals surface area contributed by atoms with Crippen LogP contribution in [0.1, 0.15) is 17.3 Å². The molecular weight excluding hydrogens is 389 g/mol. The number of fused-ring (bicyclic) bond motifs is 1. The van der Waals surface area contributed by atoms with E-state index in [2.05, 4.69) is 10.2 Å². The standard InChI is InChI=1S/C22H24FN3O4/c1-15-22(28)26(9-8-25-10-12-29-13-11-25)19-7-6-18(14-20(19)30-15)24-21(27)16-2-4-17(23)5-3-16/h2-7,14-15H,8-13H2,1H3,(H,24,27). The predicted molar refractivity (Wildman–Crippen MR) is 110 cm³/mol. The van der Waals surface area contributed by atoms with Crippen LogP contribution in [0.3, 0.4) is 0 Å². The minimum absolute atomic E-state index is 0.0844. The van der Waals surface area contributed by atoms with E-state index < -0.39 is 11.9 Å². The van der Waals surface area contributed by atoms with Gasteiger partial charge < -0.3 is 19.7 Å². The van der Waals surface area contributed by atoms with Gasteiger partial charge in [0.05, 0.1) is 18.9 Å². The zero-order chi connectivity index (χ0) is 21.1. The second kappa shape index (κ2) is 8.81. The first-order valence-electron chi connectivity index (χ1n) is 10.0. The molecular formula is C22H24FN3O4. The largest absolute Gasteiger partial charge is 0.479 e. The van der Waals surface area contributed by atoms with E-state index in [0.29, 0.717) is 42.4 Å². The van der Waals surface area contributed by atoms with Crippen molar-refractivity contribution in [2.45, 2.75) is 13.0 Å². The Bertz CT molecular complexity index is 928. The number of morpholine rings is 1. The van der Waals surface area contributed by atoms with Crippen LogP contribution >= 0.6 is 0 Å². The molecule has 0 aromatic heterocycles. The summed E-state index contributed by atoms with van der Waals surface area (Å²) in [5, 5.41) is 2.79. The van der Waals surface area contributed by atoms with Gasteiger partial charge in [-0.15, -0.1) is 0 Å². The fraction of sp³-hybridized carbons (Fsp3) is 0.364. The minimum atomic E-state index is -0.606. The molecule has 2 aromatic carbocycles. The second-order valence-electron chi connectivity index (χ2n) is 7.35. The number of benzene rings is 2. The van der Waals surface area contributed by atoms with Crippen LogP contribution in [0.4, 0.5) is 15.8 Å². The van der Waals surface area contributed by atoms with Crippen LogP contribution in [0, 0.1) is 5.82 Å². The fourth-order valence-electron chi connectivity index (χ4n) is 3.59. The number of carbonyl (C=O) groups is 2. The van der Waals surface area contributed by atoms with E-state index in [9.17, 15) is 14.0 Å². The molecule has 0 bridgehead atoms. The van der Waals surface area contributed by atoms with Crippen LogP contribution in [0.5, 0.6) is 5.75 Å². The number of ether oxygens (including phenoxy) is 2. The minimum Gasteiger partial charge on any atom is -0.479 e. The van der Waals surface area contributed by atoms with Gasteiger partial charge in [-0.3, -0.25) is 14.5 Å². The first-order valence-corrected chi connectivity index (χ1v) is 10.0. The van der Waals surface area contributed by atoms with Crippen LogP contribution in [0.15, 0.2) is 42.5 Å². The summed E-state index contributed by atoms with van der Waals surface area (Å²) in [4.78, 5) is 29.1. The highest BCUT2D eigenvalue weighted by Crippen LogP contribution is 2.36. The van der Waals surface area contributed by atoms with Gasteiger partial charge in [-0.1, -0.05) is 0 Å². The summed E-state index contributed by atoms with van der Waals surface area (Å²) >= 11 is 0. The van der Waals surface area contributed by atoms with Gasteiger partial charge >= 0.3 is 0 Å². The summed E-state index contributed by atoms with van der Waals surface area (Å²) in [5.41, 5.74) is 1.58. The highest BCUT2D eigenvalue weighted by atomic mass is 19.1. The lowest BCUT2D eigenvalue weighted by Gasteiger charge is -2.35. The Balaban J connectivity index is 1.48. The topological polar surface area (TPSA) is 71.1 Å². The molecule has 0 saturated carbocycles. The van der Waals surface area contributed by atoms with Crippen molar-refractivity contribution >= 4 is 23.2 Å². The lowest BCUT2D eigenvalue weighted by atomic mass is 10.1. The van der Waals surface area contributed by atoms with E-state index in [-0.39, 0.29) is 11.8 Å². The Morgan fingerprint density at radius 3 is 2.60 bits per heavy atom. The summed E-state index contributed by atoms with van der Waals surface area (Å²) in [7, 11) is 0. The number of hydrogen-bond acceptors (Lipinski definition) is 5. The summed E-state index contributed by atoms with van der Waals surface area (Å²) in [6, 6.07) is 10.5. The van der Waals surface area contributed by atoms with Gasteiger partial charge in [-0.05, 0) is 43.3 Å². The zero-order valence-electron chi connectivity index (χ0n) is 16.8. The summed E-state index contributed by atoms with van der Waals surface area (Å²) < 4.78 is 24.2. The number of anilines is 2. The third-order valence-corrected chi connectivity index (χ3v) is 5.28. The number of nitrogens with one attached hydrogen (secondary N) is 1. The highest BCUT2D eigenvalue weighted by Gasteiger charge is 2.32. The molecule has 0 aliphatic carbocycles. The summed E-state index contributed by atoms with van der Waals surface area (Å²) in [6.45, 7) is 6.16. The second-order valence-corrected chi connectivity index (χ2v) is 7.35. The van der Waals surface area contributed by atoms with E-state index in [0.717, 1.165) is 19.6 Å². The Labute approximate surface area is 174 Å². The summed E-state index contributed by atoms with van der Waals surface area (Å²) in [6.07, 6.45) is -0.606. The molecule has 1 unspecified atom stereocenters. The number of amides is 2. The Morgan fingerprint density at radius 2 is 1.87 bits per heavy atom. The Morgan fingerprint density at radius 1 is 1.13 bits per heavy atom.